The van der Waals surface area contributed by atoms with Gasteiger partial charge in [-0.25, -0.2) is 4.39 Å². The molecule has 0 saturated carbocycles. The van der Waals surface area contributed by atoms with Gasteiger partial charge in [0.2, 0.25) is 0 Å². The van der Waals surface area contributed by atoms with Gasteiger partial charge in [0.05, 0.1) is 67.3 Å². The third kappa shape index (κ3) is 9.44. The van der Waals surface area contributed by atoms with Gasteiger partial charge < -0.3 is 33.6 Å². The van der Waals surface area contributed by atoms with Gasteiger partial charge in [-0.05, 0) is 97.8 Å². The van der Waals surface area contributed by atoms with Crippen LogP contribution in [0, 0.1) is 6.92 Å². The van der Waals surface area contributed by atoms with Crippen LogP contribution in [0.2, 0.25) is 5.02 Å². The minimum Gasteiger partial charge on any atom is -0.497 e. The van der Waals surface area contributed by atoms with E-state index in [0.717, 1.165) is 41.8 Å². The molecule has 9 rings (SSSR count). The number of hydrogen-bond donors (Lipinski definition) is 0. The zero-order valence-electron chi connectivity index (χ0n) is 38.8. The molecule has 1 unspecified atom stereocenters. The maximum atomic E-state index is 15.3. The van der Waals surface area contributed by atoms with Crippen molar-refractivity contribution in [1.82, 2.24) is 29.5 Å². The van der Waals surface area contributed by atoms with Gasteiger partial charge in [0.1, 0.15) is 23.9 Å². The van der Waals surface area contributed by atoms with Crippen molar-refractivity contribution in [2.75, 3.05) is 64.4 Å². The molecular weight excluding hydrogens is 904 g/mol. The summed E-state index contributed by atoms with van der Waals surface area (Å²) in [6.07, 6.45) is -2.35. The molecule has 0 N–H and O–H groups in total. The molecule has 5 aromatic rings. The van der Waals surface area contributed by atoms with Gasteiger partial charge in [0.25, 0.3) is 5.91 Å². The molecule has 4 aliphatic heterocycles. The van der Waals surface area contributed by atoms with E-state index in [1.54, 1.807) is 28.3 Å². The molecule has 2 atom stereocenters. The Morgan fingerprint density at radius 2 is 1.65 bits per heavy atom. The van der Waals surface area contributed by atoms with Gasteiger partial charge in [-0.1, -0.05) is 35.9 Å². The van der Waals surface area contributed by atoms with Crippen LogP contribution in [0.3, 0.4) is 0 Å². The van der Waals surface area contributed by atoms with Crippen molar-refractivity contribution in [1.29, 1.82) is 0 Å². The van der Waals surface area contributed by atoms with Gasteiger partial charge in [0.15, 0.2) is 5.69 Å². The second-order valence-electron chi connectivity index (χ2n) is 18.3. The van der Waals surface area contributed by atoms with Crippen LogP contribution in [-0.2, 0) is 50.1 Å². The van der Waals surface area contributed by atoms with E-state index in [4.69, 9.17) is 45.6 Å². The van der Waals surface area contributed by atoms with Crippen molar-refractivity contribution in [3.63, 3.8) is 0 Å². The lowest BCUT2D eigenvalue weighted by molar-refractivity contribution is -0.139. The van der Waals surface area contributed by atoms with Crippen molar-refractivity contribution < 1.29 is 41.3 Å². The molecule has 6 heterocycles. The fourth-order valence-corrected chi connectivity index (χ4v) is 10.5. The Morgan fingerprint density at radius 3 is 2.28 bits per heavy atom. The summed E-state index contributed by atoms with van der Waals surface area (Å²) >= 11 is 6.75. The van der Waals surface area contributed by atoms with E-state index in [2.05, 4.69) is 9.80 Å². The number of anilines is 2. The summed E-state index contributed by atoms with van der Waals surface area (Å²) in [6, 6.07) is 18.0. The highest BCUT2D eigenvalue weighted by molar-refractivity contribution is 6.31. The van der Waals surface area contributed by atoms with Gasteiger partial charge in [-0.15, -0.1) is 0 Å². The Labute approximate surface area is 398 Å². The lowest BCUT2D eigenvalue weighted by Gasteiger charge is -2.33. The van der Waals surface area contributed by atoms with Crippen LogP contribution in [0.1, 0.15) is 87.0 Å². The van der Waals surface area contributed by atoms with Crippen LogP contribution in [-0.4, -0.2) is 95.6 Å². The lowest BCUT2D eigenvalue weighted by Crippen LogP contribution is -2.43. The Bertz CT molecular complexity index is 2650. The molecular formula is C50H55ClF4N8O5. The Morgan fingerprint density at radius 1 is 0.956 bits per heavy atom. The molecule has 0 radical (unpaired) electrons. The summed E-state index contributed by atoms with van der Waals surface area (Å²) in [6.45, 7) is 5.48. The van der Waals surface area contributed by atoms with E-state index in [0.29, 0.717) is 104 Å². The second-order valence-corrected chi connectivity index (χ2v) is 18.7. The number of nitrogens with zero attached hydrogens (tertiary/aromatic N) is 8. The summed E-state index contributed by atoms with van der Waals surface area (Å²) in [7, 11) is 6.55. The van der Waals surface area contributed by atoms with E-state index >= 15 is 13.2 Å². The molecule has 13 nitrogen and oxygen atoms in total. The first-order chi connectivity index (χ1) is 32.7. The Hall–Kier alpha value is -5.91. The molecule has 360 valence electrons. The lowest BCUT2D eigenvalue weighted by atomic mass is 9.93. The zero-order chi connectivity index (χ0) is 47.9. The Balaban J connectivity index is 1.10. The number of carbonyl (C=O) groups is 1. The van der Waals surface area contributed by atoms with Crippen molar-refractivity contribution >= 4 is 29.0 Å². The van der Waals surface area contributed by atoms with Crippen molar-refractivity contribution in [2.45, 2.75) is 89.6 Å². The first kappa shape index (κ1) is 47.2. The number of aryl methyl sites for hydroxylation is 1. The molecule has 2 aromatic heterocycles. The molecule has 3 aromatic carbocycles. The number of aromatic nitrogens is 4. The fraction of sp³-hybridized carbons (Fsp3) is 0.440. The van der Waals surface area contributed by atoms with Crippen LogP contribution in [0.4, 0.5) is 29.1 Å². The highest BCUT2D eigenvalue weighted by Gasteiger charge is 2.47. The van der Waals surface area contributed by atoms with E-state index in [1.807, 2.05) is 65.0 Å². The van der Waals surface area contributed by atoms with Crippen molar-refractivity contribution in [3.05, 3.63) is 128 Å². The second kappa shape index (κ2) is 19.2. The minimum absolute atomic E-state index is 0.0423. The van der Waals surface area contributed by atoms with Crippen LogP contribution in [0.5, 0.6) is 17.5 Å². The maximum Gasteiger partial charge on any atom is 0.418 e. The van der Waals surface area contributed by atoms with E-state index in [9.17, 15) is 9.18 Å². The molecule has 0 aliphatic carbocycles. The predicted molar refractivity (Wildman–Crippen MR) is 249 cm³/mol. The normalized spacial score (nSPS) is 19.9. The number of fused-ring (bicyclic) bond motifs is 3. The molecule has 2 fully saturated rings. The zero-order valence-corrected chi connectivity index (χ0v) is 39.6. The molecule has 1 amide bonds. The average molecular weight is 959 g/mol. The summed E-state index contributed by atoms with van der Waals surface area (Å²) < 4.78 is 85.5. The van der Waals surface area contributed by atoms with Crippen LogP contribution >= 0.6 is 11.6 Å². The monoisotopic (exact) mass is 958 g/mol. The van der Waals surface area contributed by atoms with Gasteiger partial charge in [-0.3, -0.25) is 14.4 Å². The number of rotatable bonds is 13. The number of alkyl halides is 3. The third-order valence-electron chi connectivity index (χ3n) is 13.7. The predicted octanol–water partition coefficient (Wildman–Crippen LogP) is 9.27. The Kier molecular flexibility index (Phi) is 13.3. The summed E-state index contributed by atoms with van der Waals surface area (Å²) in [4.78, 5) is 30.9. The average Bonchev–Trinajstić information content (AvgIpc) is 3.93. The third-order valence-corrected chi connectivity index (χ3v) is 14.0. The molecule has 2 saturated heterocycles. The highest BCUT2D eigenvalue weighted by Crippen LogP contribution is 2.47. The SMILES string of the molecule is COc1ccc(CN(Cc2ccc(OC)cc2)c2cc(Cl)c(C(F)(F)F)c(C3Cc4nc(OC[C@@]56CCCN5C/C(=C\F)C6)nc(N5CCCn6nc(C(=O)N(C)C)c(C)c6C5)c4CO3)c2)cc1. The number of hydrogen-bond acceptors (Lipinski definition) is 11. The number of carbonyl (C=O) groups excluding carboxylic acids is 1. The molecule has 0 spiro atoms. The van der Waals surface area contributed by atoms with Gasteiger partial charge in [-0.2, -0.15) is 28.2 Å². The minimum atomic E-state index is -4.82. The molecule has 0 bridgehead atoms. The quantitative estimate of drug-likeness (QED) is 0.105. The van der Waals surface area contributed by atoms with E-state index in [-0.39, 0.29) is 37.1 Å². The van der Waals surface area contributed by atoms with Gasteiger partial charge >= 0.3 is 12.2 Å². The highest BCUT2D eigenvalue weighted by atomic mass is 35.5. The number of methoxy groups -OCH3 is 2. The molecule has 18 heteroatoms. The first-order valence-corrected chi connectivity index (χ1v) is 23.2. The standard InChI is InChI=1S/C50H55ClF4N8O5/c1-31-42-28-60(17-7-19-63(42)58-45(31)47(64)59(2)3)46-39-29-67-43(22-41(39)56-48(57-46)68-30-49-16-6-18-62(49)27-34(23-49)24-52)38-20-35(21-40(51)44(38)50(53,54)55)61(25-32-8-12-36(65-4)13-9-32)26-33-10-14-37(66-5)15-11-33/h8-15,20-21,24,43H,6-7,16-19,22-23,25-30H2,1-5H3/b34-24-/t43?,49-/m0/s1. The van der Waals surface area contributed by atoms with Crippen molar-refractivity contribution in [2.24, 2.45) is 0 Å². The van der Waals surface area contributed by atoms with Crippen molar-refractivity contribution in [3.8, 4) is 17.5 Å². The summed E-state index contributed by atoms with van der Waals surface area (Å²) in [5.41, 5.74) is 4.55. The molecule has 4 aliphatic rings. The maximum absolute atomic E-state index is 15.3. The van der Waals surface area contributed by atoms with Gasteiger partial charge in [0, 0.05) is 70.1 Å². The van der Waals surface area contributed by atoms with Crippen LogP contribution in [0.15, 0.2) is 72.6 Å². The van der Waals surface area contributed by atoms with Crippen LogP contribution < -0.4 is 24.0 Å². The first-order valence-electron chi connectivity index (χ1n) is 22.8. The molecule has 68 heavy (non-hydrogen) atoms. The number of ether oxygens (including phenoxy) is 4. The summed E-state index contributed by atoms with van der Waals surface area (Å²) in [5.74, 6) is 1.68. The topological polar surface area (TPSA) is 111 Å². The van der Waals surface area contributed by atoms with E-state index < -0.39 is 28.4 Å². The largest absolute Gasteiger partial charge is 0.497 e. The number of halogens is 5. The van der Waals surface area contributed by atoms with E-state index in [1.165, 1.54) is 17.0 Å². The number of amides is 1. The number of benzene rings is 3. The smallest absolute Gasteiger partial charge is 0.418 e. The van der Waals surface area contributed by atoms with Crippen LogP contribution in [0.25, 0.3) is 0 Å². The fourth-order valence-electron chi connectivity index (χ4n) is 10.1. The summed E-state index contributed by atoms with van der Waals surface area (Å²) in [5, 5.41) is 4.25.